The molecule has 0 saturated carbocycles. The summed E-state index contributed by atoms with van der Waals surface area (Å²) in [5, 5.41) is 14.4. The Labute approximate surface area is 157 Å². The summed E-state index contributed by atoms with van der Waals surface area (Å²) in [6.07, 6.45) is -0.421. The number of carboxylic acid groups (broad SMARTS) is 1. The second kappa shape index (κ2) is 10.1. The van der Waals surface area contributed by atoms with Crippen molar-refractivity contribution in [3.8, 4) is 0 Å². The standard InChI is InChI=1S/C17H27N3O5S/c1-10(2)8-25-14(21)6-13(16(22)23)19-17(24)20(5)7-12-9-26-15(18-12)11(3)4/h9-11,13H,6-8H2,1-5H3,(H,19,24)(H,22,23)/t13-/m0/s1. The largest absolute Gasteiger partial charge is 0.480 e. The zero-order valence-electron chi connectivity index (χ0n) is 15.8. The maximum absolute atomic E-state index is 12.2. The molecule has 0 saturated heterocycles. The highest BCUT2D eigenvalue weighted by Crippen LogP contribution is 2.19. The first-order valence-corrected chi connectivity index (χ1v) is 9.32. The van der Waals surface area contributed by atoms with E-state index in [4.69, 9.17) is 4.74 Å². The number of carbonyl (C=O) groups is 3. The minimum absolute atomic E-state index is 0.150. The van der Waals surface area contributed by atoms with Gasteiger partial charge in [0.25, 0.3) is 0 Å². The monoisotopic (exact) mass is 385 g/mol. The number of aliphatic carboxylic acids is 1. The van der Waals surface area contributed by atoms with Crippen molar-refractivity contribution in [3.05, 3.63) is 16.1 Å². The molecule has 8 nitrogen and oxygen atoms in total. The number of hydrogen-bond donors (Lipinski definition) is 2. The van der Waals surface area contributed by atoms with E-state index in [2.05, 4.69) is 10.3 Å². The summed E-state index contributed by atoms with van der Waals surface area (Å²) in [5.41, 5.74) is 0.736. The van der Waals surface area contributed by atoms with Crippen molar-refractivity contribution >= 4 is 29.3 Å². The predicted molar refractivity (Wildman–Crippen MR) is 98.0 cm³/mol. The van der Waals surface area contributed by atoms with Crippen molar-refractivity contribution < 1.29 is 24.2 Å². The third-order valence-electron chi connectivity index (χ3n) is 3.35. The summed E-state index contributed by atoms with van der Waals surface area (Å²) >= 11 is 1.52. The van der Waals surface area contributed by atoms with Crippen molar-refractivity contribution in [1.29, 1.82) is 0 Å². The van der Waals surface area contributed by atoms with Gasteiger partial charge in [0.2, 0.25) is 0 Å². The van der Waals surface area contributed by atoms with E-state index in [-0.39, 0.29) is 19.1 Å². The van der Waals surface area contributed by atoms with Gasteiger partial charge in [-0.05, 0) is 5.92 Å². The Bertz CT molecular complexity index is 630. The van der Waals surface area contributed by atoms with Gasteiger partial charge < -0.3 is 20.1 Å². The lowest BCUT2D eigenvalue weighted by molar-refractivity contribution is -0.150. The van der Waals surface area contributed by atoms with Crippen molar-refractivity contribution in [2.45, 2.75) is 52.6 Å². The molecule has 1 aromatic heterocycles. The van der Waals surface area contributed by atoms with E-state index in [1.807, 2.05) is 33.1 Å². The first kappa shape index (κ1) is 21.9. The maximum atomic E-state index is 12.2. The number of aromatic nitrogens is 1. The van der Waals surface area contributed by atoms with E-state index >= 15 is 0 Å². The SMILES string of the molecule is CC(C)COC(=O)C[C@H](NC(=O)N(C)Cc1csc(C(C)C)n1)C(=O)O. The molecule has 1 aromatic rings. The van der Waals surface area contributed by atoms with Crippen LogP contribution in [-0.4, -0.2) is 52.7 Å². The minimum atomic E-state index is -1.34. The molecule has 2 amide bonds. The van der Waals surface area contributed by atoms with Gasteiger partial charge in [0.15, 0.2) is 0 Å². The van der Waals surface area contributed by atoms with Crippen LogP contribution >= 0.6 is 11.3 Å². The molecule has 0 unspecified atom stereocenters. The van der Waals surface area contributed by atoms with Crippen molar-refractivity contribution in [1.82, 2.24) is 15.2 Å². The summed E-state index contributed by atoms with van der Waals surface area (Å²) in [6.45, 7) is 8.29. The summed E-state index contributed by atoms with van der Waals surface area (Å²) in [6, 6.07) is -1.93. The Morgan fingerprint density at radius 2 is 1.96 bits per heavy atom. The number of thiazole rings is 1. The quantitative estimate of drug-likeness (QED) is 0.632. The molecule has 1 heterocycles. The molecule has 26 heavy (non-hydrogen) atoms. The van der Waals surface area contributed by atoms with Crippen LogP contribution in [-0.2, 0) is 20.9 Å². The fourth-order valence-electron chi connectivity index (χ4n) is 1.92. The topological polar surface area (TPSA) is 109 Å². The van der Waals surface area contributed by atoms with Crippen LogP contribution < -0.4 is 5.32 Å². The number of urea groups is 1. The second-order valence-electron chi connectivity index (χ2n) is 6.81. The average molecular weight is 385 g/mol. The zero-order chi connectivity index (χ0) is 19.9. The summed E-state index contributed by atoms with van der Waals surface area (Å²) in [7, 11) is 1.54. The molecule has 0 spiro atoms. The minimum Gasteiger partial charge on any atom is -0.480 e. The molecule has 0 radical (unpaired) electrons. The van der Waals surface area contributed by atoms with Crippen molar-refractivity contribution in [3.63, 3.8) is 0 Å². The number of amides is 2. The van der Waals surface area contributed by atoms with Gasteiger partial charge in [0.1, 0.15) is 6.04 Å². The Balaban J connectivity index is 2.59. The number of rotatable bonds is 9. The van der Waals surface area contributed by atoms with Crippen LogP contribution in [0.4, 0.5) is 4.79 Å². The van der Waals surface area contributed by atoms with Gasteiger partial charge in [-0.15, -0.1) is 11.3 Å². The molecule has 0 aliphatic heterocycles. The van der Waals surface area contributed by atoms with E-state index in [1.165, 1.54) is 16.2 Å². The van der Waals surface area contributed by atoms with Gasteiger partial charge in [0.05, 0.1) is 30.3 Å². The average Bonchev–Trinajstić information content (AvgIpc) is 3.00. The molecule has 1 rings (SSSR count). The number of nitrogens with one attached hydrogen (secondary N) is 1. The fraction of sp³-hybridized carbons (Fsp3) is 0.647. The number of nitrogens with zero attached hydrogens (tertiary/aromatic N) is 2. The van der Waals surface area contributed by atoms with Crippen LogP contribution in [0.2, 0.25) is 0 Å². The van der Waals surface area contributed by atoms with Crippen molar-refractivity contribution in [2.75, 3.05) is 13.7 Å². The fourth-order valence-corrected chi connectivity index (χ4v) is 2.75. The zero-order valence-corrected chi connectivity index (χ0v) is 16.6. The van der Waals surface area contributed by atoms with Crippen LogP contribution in [0.1, 0.15) is 50.7 Å². The molecule has 2 N–H and O–H groups in total. The highest BCUT2D eigenvalue weighted by Gasteiger charge is 2.26. The third kappa shape index (κ3) is 7.38. The van der Waals surface area contributed by atoms with Gasteiger partial charge >= 0.3 is 18.0 Å². The molecule has 1 atom stereocenters. The van der Waals surface area contributed by atoms with Crippen LogP contribution in [0.5, 0.6) is 0 Å². The molecular formula is C17H27N3O5S. The molecule has 146 valence electrons. The first-order valence-electron chi connectivity index (χ1n) is 8.44. The first-order chi connectivity index (χ1) is 12.1. The molecule has 0 bridgehead atoms. The van der Waals surface area contributed by atoms with Crippen LogP contribution in [0.25, 0.3) is 0 Å². The van der Waals surface area contributed by atoms with Gasteiger partial charge in [-0.25, -0.2) is 14.6 Å². The smallest absolute Gasteiger partial charge is 0.326 e. The highest BCUT2D eigenvalue weighted by molar-refractivity contribution is 7.09. The number of esters is 1. The maximum Gasteiger partial charge on any atom is 0.326 e. The van der Waals surface area contributed by atoms with E-state index in [0.29, 0.717) is 5.92 Å². The van der Waals surface area contributed by atoms with E-state index < -0.39 is 30.4 Å². The lowest BCUT2D eigenvalue weighted by Gasteiger charge is -2.20. The van der Waals surface area contributed by atoms with E-state index in [0.717, 1.165) is 10.7 Å². The number of carbonyl (C=O) groups excluding carboxylic acids is 2. The molecule has 9 heteroatoms. The highest BCUT2D eigenvalue weighted by atomic mass is 32.1. The normalized spacial score (nSPS) is 12.1. The molecular weight excluding hydrogens is 358 g/mol. The summed E-state index contributed by atoms with van der Waals surface area (Å²) in [5.74, 6) is -1.49. The van der Waals surface area contributed by atoms with E-state index in [1.54, 1.807) is 7.05 Å². The summed E-state index contributed by atoms with van der Waals surface area (Å²) < 4.78 is 4.97. The lowest BCUT2D eigenvalue weighted by Crippen LogP contribution is -2.47. The Hall–Kier alpha value is -2.16. The van der Waals surface area contributed by atoms with Gasteiger partial charge in [0, 0.05) is 18.3 Å². The second-order valence-corrected chi connectivity index (χ2v) is 7.70. The predicted octanol–water partition coefficient (Wildman–Crippen LogP) is 2.45. The molecule has 0 aromatic carbocycles. The Morgan fingerprint density at radius 1 is 1.31 bits per heavy atom. The van der Waals surface area contributed by atoms with Crippen LogP contribution in [0.3, 0.4) is 0 Å². The number of carboxylic acids is 1. The molecule has 0 aliphatic rings. The van der Waals surface area contributed by atoms with Crippen LogP contribution in [0, 0.1) is 5.92 Å². The third-order valence-corrected chi connectivity index (χ3v) is 4.55. The Kier molecular flexibility index (Phi) is 8.50. The van der Waals surface area contributed by atoms with Crippen molar-refractivity contribution in [2.24, 2.45) is 5.92 Å². The number of hydrogen-bond acceptors (Lipinski definition) is 6. The summed E-state index contributed by atoms with van der Waals surface area (Å²) in [4.78, 5) is 41.0. The van der Waals surface area contributed by atoms with E-state index in [9.17, 15) is 19.5 Å². The van der Waals surface area contributed by atoms with Gasteiger partial charge in [-0.3, -0.25) is 4.79 Å². The molecule has 0 aliphatic carbocycles. The van der Waals surface area contributed by atoms with Gasteiger partial charge in [-0.1, -0.05) is 27.7 Å². The number of ether oxygens (including phenoxy) is 1. The van der Waals surface area contributed by atoms with Crippen LogP contribution in [0.15, 0.2) is 5.38 Å². The molecule has 0 fully saturated rings. The van der Waals surface area contributed by atoms with Gasteiger partial charge in [-0.2, -0.15) is 0 Å². The Morgan fingerprint density at radius 3 is 2.46 bits per heavy atom. The lowest BCUT2D eigenvalue weighted by atomic mass is 10.2.